The minimum atomic E-state index is 0. The van der Waals surface area contributed by atoms with E-state index < -0.39 is 0 Å². The van der Waals surface area contributed by atoms with Crippen LogP contribution in [0.3, 0.4) is 0 Å². The van der Waals surface area contributed by atoms with Crippen molar-refractivity contribution in [1.82, 2.24) is 10.3 Å². The fraction of sp³-hybridized carbons (Fsp3) is 0.714. The van der Waals surface area contributed by atoms with Gasteiger partial charge in [0.15, 0.2) is 5.13 Å². The SMILES string of the molecule is Cl.O=C(CC1COCCN1)Nc1nc2c(s1)CCCCC2. The minimum Gasteiger partial charge on any atom is -0.378 e. The Bertz CT molecular complexity index is 451. The van der Waals surface area contributed by atoms with Gasteiger partial charge in [0, 0.05) is 23.9 Å². The topological polar surface area (TPSA) is 63.2 Å². The Kier molecular flexibility index (Phi) is 6.41. The second kappa shape index (κ2) is 8.08. The zero-order valence-electron chi connectivity index (χ0n) is 12.0. The number of halogens is 1. The van der Waals surface area contributed by atoms with E-state index in [2.05, 4.69) is 15.6 Å². The van der Waals surface area contributed by atoms with Crippen LogP contribution in [-0.2, 0) is 22.4 Å². The van der Waals surface area contributed by atoms with Crippen molar-refractivity contribution in [2.45, 2.75) is 44.6 Å². The molecular weight excluding hydrogens is 310 g/mol. The number of hydrogen-bond donors (Lipinski definition) is 2. The number of hydrogen-bond acceptors (Lipinski definition) is 5. The number of nitrogens with one attached hydrogen (secondary N) is 2. The molecule has 7 heteroatoms. The van der Waals surface area contributed by atoms with Gasteiger partial charge < -0.3 is 15.4 Å². The summed E-state index contributed by atoms with van der Waals surface area (Å²) >= 11 is 1.64. The molecule has 2 aliphatic rings. The molecule has 1 aromatic rings. The van der Waals surface area contributed by atoms with Gasteiger partial charge in [0.25, 0.3) is 0 Å². The van der Waals surface area contributed by atoms with Crippen LogP contribution in [0.25, 0.3) is 0 Å². The van der Waals surface area contributed by atoms with Gasteiger partial charge in [-0.3, -0.25) is 4.79 Å². The van der Waals surface area contributed by atoms with Gasteiger partial charge in [-0.05, 0) is 25.7 Å². The van der Waals surface area contributed by atoms with E-state index in [1.54, 1.807) is 11.3 Å². The molecular formula is C14H22ClN3O2S. The van der Waals surface area contributed by atoms with Crippen molar-refractivity contribution in [3.05, 3.63) is 10.6 Å². The van der Waals surface area contributed by atoms with Crippen molar-refractivity contribution in [3.63, 3.8) is 0 Å². The van der Waals surface area contributed by atoms with Crippen molar-refractivity contribution in [1.29, 1.82) is 0 Å². The lowest BCUT2D eigenvalue weighted by Gasteiger charge is -2.22. The number of aryl methyl sites for hydroxylation is 2. The molecule has 1 saturated heterocycles. The average Bonchev–Trinajstić information content (AvgIpc) is 2.68. The van der Waals surface area contributed by atoms with Gasteiger partial charge in [-0.25, -0.2) is 4.98 Å². The van der Waals surface area contributed by atoms with Gasteiger partial charge in [0.2, 0.25) is 5.91 Å². The molecule has 3 rings (SSSR count). The molecule has 0 saturated carbocycles. The standard InChI is InChI=1S/C14H21N3O2S.ClH/c18-13(8-10-9-19-7-6-15-10)17-14-16-11-4-2-1-3-5-12(11)20-14;/h10,15H,1-9H2,(H,16,17,18);1H. The predicted molar refractivity (Wildman–Crippen MR) is 86.5 cm³/mol. The molecule has 0 spiro atoms. The highest BCUT2D eigenvalue weighted by Crippen LogP contribution is 2.28. The lowest BCUT2D eigenvalue weighted by atomic mass is 10.2. The first-order valence-corrected chi connectivity index (χ1v) is 8.22. The van der Waals surface area contributed by atoms with Crippen LogP contribution in [0.2, 0.25) is 0 Å². The number of amides is 1. The molecule has 2 N–H and O–H groups in total. The molecule has 1 aliphatic carbocycles. The largest absolute Gasteiger partial charge is 0.378 e. The van der Waals surface area contributed by atoms with Crippen molar-refractivity contribution in [2.24, 2.45) is 0 Å². The molecule has 1 unspecified atom stereocenters. The molecule has 2 heterocycles. The van der Waals surface area contributed by atoms with Crippen LogP contribution >= 0.6 is 23.7 Å². The molecule has 1 fully saturated rings. The third kappa shape index (κ3) is 4.64. The van der Waals surface area contributed by atoms with Crippen LogP contribution in [0, 0.1) is 0 Å². The quantitative estimate of drug-likeness (QED) is 0.833. The summed E-state index contributed by atoms with van der Waals surface area (Å²) in [5, 5.41) is 6.99. The zero-order valence-corrected chi connectivity index (χ0v) is 13.7. The van der Waals surface area contributed by atoms with E-state index >= 15 is 0 Å². The number of carbonyl (C=O) groups excluding carboxylic acids is 1. The summed E-state index contributed by atoms with van der Waals surface area (Å²) in [6.45, 7) is 2.17. The number of fused-ring (bicyclic) bond motifs is 1. The van der Waals surface area contributed by atoms with Gasteiger partial charge in [-0.1, -0.05) is 6.42 Å². The number of nitrogens with zero attached hydrogens (tertiary/aromatic N) is 1. The summed E-state index contributed by atoms with van der Waals surface area (Å²) in [6.07, 6.45) is 6.36. The van der Waals surface area contributed by atoms with Gasteiger partial charge >= 0.3 is 0 Å². The monoisotopic (exact) mass is 331 g/mol. The number of morpholine rings is 1. The Labute approximate surface area is 135 Å². The third-order valence-corrected chi connectivity index (χ3v) is 4.85. The molecule has 0 aromatic carbocycles. The van der Waals surface area contributed by atoms with E-state index in [-0.39, 0.29) is 24.4 Å². The van der Waals surface area contributed by atoms with Crippen molar-refractivity contribution < 1.29 is 9.53 Å². The Morgan fingerprint density at radius 1 is 1.38 bits per heavy atom. The summed E-state index contributed by atoms with van der Waals surface area (Å²) in [6, 6.07) is 0.126. The maximum Gasteiger partial charge on any atom is 0.227 e. The summed E-state index contributed by atoms with van der Waals surface area (Å²) < 4.78 is 5.36. The molecule has 1 aliphatic heterocycles. The number of aromatic nitrogens is 1. The zero-order chi connectivity index (χ0) is 13.8. The number of thiazole rings is 1. The second-order valence-electron chi connectivity index (χ2n) is 5.43. The van der Waals surface area contributed by atoms with Gasteiger partial charge in [0.1, 0.15) is 0 Å². The highest BCUT2D eigenvalue weighted by molar-refractivity contribution is 7.15. The summed E-state index contributed by atoms with van der Waals surface area (Å²) in [4.78, 5) is 18.0. The summed E-state index contributed by atoms with van der Waals surface area (Å²) in [5.74, 6) is 0.0249. The molecule has 1 amide bonds. The summed E-state index contributed by atoms with van der Waals surface area (Å²) in [5.41, 5.74) is 1.20. The maximum absolute atomic E-state index is 12.0. The normalized spacial score (nSPS) is 21.8. The van der Waals surface area contributed by atoms with Crippen LogP contribution in [0.4, 0.5) is 5.13 Å². The predicted octanol–water partition coefficient (Wildman–Crippen LogP) is 2.15. The molecule has 118 valence electrons. The lowest BCUT2D eigenvalue weighted by molar-refractivity contribution is -0.117. The smallest absolute Gasteiger partial charge is 0.227 e. The number of carbonyl (C=O) groups is 1. The van der Waals surface area contributed by atoms with E-state index in [0.717, 1.165) is 31.1 Å². The Balaban J connectivity index is 0.00000161. The van der Waals surface area contributed by atoms with E-state index in [0.29, 0.717) is 13.0 Å². The molecule has 1 aromatic heterocycles. The molecule has 5 nitrogen and oxygen atoms in total. The number of ether oxygens (including phenoxy) is 1. The summed E-state index contributed by atoms with van der Waals surface area (Å²) in [7, 11) is 0. The van der Waals surface area contributed by atoms with Crippen molar-refractivity contribution in [2.75, 3.05) is 25.1 Å². The van der Waals surface area contributed by atoms with E-state index in [4.69, 9.17) is 4.74 Å². The highest BCUT2D eigenvalue weighted by atomic mass is 35.5. The van der Waals surface area contributed by atoms with Gasteiger partial charge in [-0.2, -0.15) is 0 Å². The van der Waals surface area contributed by atoms with E-state index in [1.807, 2.05) is 0 Å². The van der Waals surface area contributed by atoms with Crippen LogP contribution in [0.5, 0.6) is 0 Å². The van der Waals surface area contributed by atoms with E-state index in [9.17, 15) is 4.79 Å². The van der Waals surface area contributed by atoms with Crippen LogP contribution in [0.1, 0.15) is 36.3 Å². The number of rotatable bonds is 3. The minimum absolute atomic E-state index is 0. The van der Waals surface area contributed by atoms with Crippen LogP contribution in [-0.4, -0.2) is 36.7 Å². The van der Waals surface area contributed by atoms with E-state index in [1.165, 1.54) is 29.8 Å². The first kappa shape index (κ1) is 16.7. The fourth-order valence-corrected chi connectivity index (χ4v) is 3.79. The first-order chi connectivity index (χ1) is 9.81. The Morgan fingerprint density at radius 2 is 2.24 bits per heavy atom. The van der Waals surface area contributed by atoms with Crippen LogP contribution in [0.15, 0.2) is 0 Å². The molecule has 0 radical (unpaired) electrons. The van der Waals surface area contributed by atoms with Gasteiger partial charge in [-0.15, -0.1) is 23.7 Å². The molecule has 21 heavy (non-hydrogen) atoms. The second-order valence-corrected chi connectivity index (χ2v) is 6.51. The van der Waals surface area contributed by atoms with Gasteiger partial charge in [0.05, 0.1) is 18.9 Å². The molecule has 1 atom stereocenters. The fourth-order valence-electron chi connectivity index (χ4n) is 2.73. The lowest BCUT2D eigenvalue weighted by Crippen LogP contribution is -2.43. The number of anilines is 1. The van der Waals surface area contributed by atoms with Crippen molar-refractivity contribution >= 4 is 34.8 Å². The average molecular weight is 332 g/mol. The molecule has 0 bridgehead atoms. The Hall–Kier alpha value is -0.690. The third-order valence-electron chi connectivity index (χ3n) is 3.77. The highest BCUT2D eigenvalue weighted by Gasteiger charge is 2.19. The maximum atomic E-state index is 12.0. The Morgan fingerprint density at radius 3 is 3.05 bits per heavy atom. The first-order valence-electron chi connectivity index (χ1n) is 7.41. The van der Waals surface area contributed by atoms with Crippen molar-refractivity contribution in [3.8, 4) is 0 Å². The van der Waals surface area contributed by atoms with Crippen LogP contribution < -0.4 is 10.6 Å².